The van der Waals surface area contributed by atoms with Gasteiger partial charge in [-0.05, 0) is 31.1 Å². The summed E-state index contributed by atoms with van der Waals surface area (Å²) in [6, 6.07) is 0.255. The number of nitrogens with two attached hydrogens (primary N) is 1. The first kappa shape index (κ1) is 25.3. The number of amides is 1. The number of hydrogen-bond donors (Lipinski definition) is 2. The number of carbonyl (C=O) groups is 1. The monoisotopic (exact) mass is 427 g/mol. The van der Waals surface area contributed by atoms with Crippen molar-refractivity contribution in [2.24, 2.45) is 10.8 Å². The smallest absolute Gasteiger partial charge is 0.228 e. The Morgan fingerprint density at radius 2 is 1.96 bits per heavy atom. The fourth-order valence-electron chi connectivity index (χ4n) is 4.09. The van der Waals surface area contributed by atoms with E-state index in [9.17, 15) is 4.79 Å². The van der Waals surface area contributed by atoms with Crippen molar-refractivity contribution in [2.45, 2.75) is 98.8 Å². The van der Waals surface area contributed by atoms with E-state index < -0.39 is 5.41 Å². The first-order valence-corrected chi connectivity index (χ1v) is 12.0. The summed E-state index contributed by atoms with van der Waals surface area (Å²) < 4.78 is 0. The molecule has 1 amide bonds. The number of nitrogen functional groups attached to an aromatic ring is 1. The summed E-state index contributed by atoms with van der Waals surface area (Å²) in [4.78, 5) is 21.4. The van der Waals surface area contributed by atoms with E-state index in [-0.39, 0.29) is 22.6 Å². The van der Waals surface area contributed by atoms with Crippen LogP contribution in [0, 0.1) is 10.8 Å². The van der Waals surface area contributed by atoms with Crippen LogP contribution in [0.25, 0.3) is 0 Å². The fourth-order valence-corrected chi connectivity index (χ4v) is 5.13. The molecular weight excluding hydrogens is 386 g/mol. The molecule has 2 N–H and O–H groups in total. The summed E-state index contributed by atoms with van der Waals surface area (Å²) in [6.45, 7) is 17.7. The summed E-state index contributed by atoms with van der Waals surface area (Å²) in [5.41, 5.74) is 6.63. The molecule has 2 rings (SSSR count). The quantitative estimate of drug-likeness (QED) is 0.556. The zero-order chi connectivity index (χ0) is 21.7. The number of anilines is 1. The van der Waals surface area contributed by atoms with Crippen molar-refractivity contribution in [2.75, 3.05) is 12.3 Å². The van der Waals surface area contributed by atoms with Gasteiger partial charge in [-0.25, -0.2) is 4.98 Å². The predicted molar refractivity (Wildman–Crippen MR) is 126 cm³/mol. The van der Waals surface area contributed by atoms with Crippen LogP contribution in [0.4, 0.5) is 5.13 Å². The molecule has 0 spiro atoms. The van der Waals surface area contributed by atoms with Crippen molar-refractivity contribution in [3.8, 4) is 0 Å². The Hall–Kier alpha value is -0.750. The SMILES string of the molecule is CC.CCCN(C(=O)C(C)(C)CC(C)(C)C(C)S)C1CCc2nc(N)sc2C1. The lowest BCUT2D eigenvalue weighted by Crippen LogP contribution is -2.50. The van der Waals surface area contributed by atoms with Gasteiger partial charge in [0.15, 0.2) is 5.13 Å². The number of carbonyl (C=O) groups excluding carboxylic acids is 1. The van der Waals surface area contributed by atoms with Gasteiger partial charge in [-0.3, -0.25) is 4.79 Å². The summed E-state index contributed by atoms with van der Waals surface area (Å²) in [5, 5.41) is 0.889. The Morgan fingerprint density at radius 3 is 2.50 bits per heavy atom. The first-order chi connectivity index (χ1) is 13.0. The van der Waals surface area contributed by atoms with Crippen LogP contribution in [0.15, 0.2) is 0 Å². The molecule has 1 heterocycles. The van der Waals surface area contributed by atoms with Gasteiger partial charge >= 0.3 is 0 Å². The van der Waals surface area contributed by atoms with Crippen molar-refractivity contribution < 1.29 is 4.79 Å². The van der Waals surface area contributed by atoms with Crippen molar-refractivity contribution in [1.29, 1.82) is 0 Å². The van der Waals surface area contributed by atoms with Crippen molar-refractivity contribution in [3.63, 3.8) is 0 Å². The van der Waals surface area contributed by atoms with Gasteiger partial charge in [0, 0.05) is 34.5 Å². The Bertz CT molecular complexity index is 638. The van der Waals surface area contributed by atoms with E-state index >= 15 is 0 Å². The van der Waals surface area contributed by atoms with Crippen LogP contribution in [0.3, 0.4) is 0 Å². The van der Waals surface area contributed by atoms with E-state index in [4.69, 9.17) is 5.73 Å². The highest BCUT2D eigenvalue weighted by molar-refractivity contribution is 7.81. The molecule has 1 aliphatic carbocycles. The third-order valence-electron chi connectivity index (χ3n) is 5.70. The van der Waals surface area contributed by atoms with Crippen LogP contribution in [0.5, 0.6) is 0 Å². The largest absolute Gasteiger partial charge is 0.375 e. The topological polar surface area (TPSA) is 59.2 Å². The third-order valence-corrected chi connectivity index (χ3v) is 7.35. The minimum atomic E-state index is -0.400. The summed E-state index contributed by atoms with van der Waals surface area (Å²) >= 11 is 6.23. The van der Waals surface area contributed by atoms with Crippen LogP contribution in [-0.2, 0) is 17.6 Å². The molecule has 1 aliphatic rings. The maximum Gasteiger partial charge on any atom is 0.228 e. The van der Waals surface area contributed by atoms with Gasteiger partial charge in [0.2, 0.25) is 5.91 Å². The molecule has 0 bridgehead atoms. The molecule has 0 radical (unpaired) electrons. The molecule has 4 nitrogen and oxygen atoms in total. The number of thiazole rings is 1. The van der Waals surface area contributed by atoms with Gasteiger partial charge in [-0.2, -0.15) is 12.6 Å². The number of nitrogens with zero attached hydrogens (tertiary/aromatic N) is 2. The predicted octanol–water partition coefficient (Wildman–Crippen LogP) is 5.61. The second kappa shape index (κ2) is 10.3. The molecule has 162 valence electrons. The van der Waals surface area contributed by atoms with Crippen LogP contribution >= 0.6 is 24.0 Å². The lowest BCUT2D eigenvalue weighted by atomic mass is 9.72. The van der Waals surface area contributed by atoms with Crippen molar-refractivity contribution in [3.05, 3.63) is 10.6 Å². The molecule has 6 heteroatoms. The number of fused-ring (bicyclic) bond motifs is 1. The summed E-state index contributed by atoms with van der Waals surface area (Å²) in [7, 11) is 0. The zero-order valence-corrected chi connectivity index (χ0v) is 20.8. The van der Waals surface area contributed by atoms with Gasteiger partial charge in [-0.15, -0.1) is 11.3 Å². The van der Waals surface area contributed by atoms with Gasteiger partial charge in [0.1, 0.15) is 0 Å². The molecule has 1 aromatic rings. The Morgan fingerprint density at radius 1 is 1.36 bits per heavy atom. The van der Waals surface area contributed by atoms with Crippen molar-refractivity contribution in [1.82, 2.24) is 9.88 Å². The highest BCUT2D eigenvalue weighted by atomic mass is 32.1. The Balaban J connectivity index is 0.00000190. The first-order valence-electron chi connectivity index (χ1n) is 10.7. The number of aromatic nitrogens is 1. The molecule has 0 aliphatic heterocycles. The molecular formula is C22H41N3OS2. The van der Waals surface area contributed by atoms with E-state index in [1.54, 1.807) is 11.3 Å². The molecule has 0 saturated heterocycles. The molecule has 1 aromatic heterocycles. The molecule has 0 saturated carbocycles. The number of rotatable bonds is 7. The molecule has 0 aromatic carbocycles. The van der Waals surface area contributed by atoms with E-state index in [1.165, 1.54) is 4.88 Å². The molecule has 0 fully saturated rings. The van der Waals surface area contributed by atoms with Crippen LogP contribution in [-0.4, -0.2) is 33.6 Å². The number of thiol groups is 1. The van der Waals surface area contributed by atoms with Crippen molar-refractivity contribution >= 4 is 35.0 Å². The van der Waals surface area contributed by atoms with Gasteiger partial charge in [0.25, 0.3) is 0 Å². The molecule has 28 heavy (non-hydrogen) atoms. The average Bonchev–Trinajstić information content (AvgIpc) is 2.99. The third kappa shape index (κ3) is 6.12. The van der Waals surface area contributed by atoms with E-state index in [2.05, 4.69) is 64.1 Å². The minimum Gasteiger partial charge on any atom is -0.375 e. The van der Waals surface area contributed by atoms with Gasteiger partial charge in [-0.1, -0.05) is 55.4 Å². The lowest BCUT2D eigenvalue weighted by molar-refractivity contribution is -0.145. The van der Waals surface area contributed by atoms with Crippen LogP contribution < -0.4 is 5.73 Å². The Labute approximate surface area is 182 Å². The zero-order valence-electron chi connectivity index (χ0n) is 19.1. The summed E-state index contributed by atoms with van der Waals surface area (Å²) in [5.74, 6) is 0.271. The molecule has 2 atom stereocenters. The fraction of sp³-hybridized carbons (Fsp3) is 0.818. The highest BCUT2D eigenvalue weighted by Gasteiger charge is 2.41. The van der Waals surface area contributed by atoms with E-state index in [0.717, 1.165) is 44.3 Å². The normalized spacial score (nSPS) is 18.0. The second-order valence-electron chi connectivity index (χ2n) is 9.04. The van der Waals surface area contributed by atoms with Crippen LogP contribution in [0.1, 0.15) is 85.2 Å². The summed E-state index contributed by atoms with van der Waals surface area (Å²) in [6.07, 6.45) is 4.58. The number of aryl methyl sites for hydroxylation is 1. The minimum absolute atomic E-state index is 0.00597. The average molecular weight is 428 g/mol. The Kier molecular flexibility index (Phi) is 9.33. The maximum absolute atomic E-state index is 13.5. The van der Waals surface area contributed by atoms with E-state index in [1.807, 2.05) is 13.8 Å². The van der Waals surface area contributed by atoms with E-state index in [0.29, 0.717) is 5.13 Å². The standard InChI is InChI=1S/C20H35N3OS2.C2H6/c1-7-10-23(14-8-9-15-16(11-14)26-18(21)22-15)17(24)20(5,6)12-19(3,4)13(2)25;1-2/h13-14,25H,7-12H2,1-6H3,(H2,21,22);1-2H3. The van der Waals surface area contributed by atoms with Crippen LogP contribution in [0.2, 0.25) is 0 Å². The molecule has 2 unspecified atom stereocenters. The lowest BCUT2D eigenvalue weighted by Gasteiger charge is -2.42. The maximum atomic E-state index is 13.5. The van der Waals surface area contributed by atoms with Gasteiger partial charge < -0.3 is 10.6 Å². The second-order valence-corrected chi connectivity index (χ2v) is 10.9. The number of hydrogen-bond acceptors (Lipinski definition) is 5. The highest BCUT2D eigenvalue weighted by Crippen LogP contribution is 2.40. The van der Waals surface area contributed by atoms with Gasteiger partial charge in [0.05, 0.1) is 5.69 Å².